The number of benzene rings is 1. The highest BCUT2D eigenvalue weighted by Gasteiger charge is 2.15. The summed E-state index contributed by atoms with van der Waals surface area (Å²) in [6.07, 6.45) is 1.61. The summed E-state index contributed by atoms with van der Waals surface area (Å²) in [5, 5.41) is 10.3. The Labute approximate surface area is 105 Å². The molecule has 0 bridgehead atoms. The van der Waals surface area contributed by atoms with Crippen LogP contribution in [0.25, 0.3) is 0 Å². The molecular formula is C12H16N4O2. The third-order valence-electron chi connectivity index (χ3n) is 2.55. The molecule has 6 nitrogen and oxygen atoms in total. The zero-order chi connectivity index (χ0) is 12.8. The highest BCUT2D eigenvalue weighted by molar-refractivity contribution is 5.39. The molecule has 0 radical (unpaired) electrons. The van der Waals surface area contributed by atoms with Crippen LogP contribution in [0.5, 0.6) is 5.75 Å². The van der Waals surface area contributed by atoms with Crippen molar-refractivity contribution in [3.8, 4) is 5.75 Å². The number of nitrogens with one attached hydrogen (secondary N) is 1. The number of rotatable bonds is 6. The van der Waals surface area contributed by atoms with Gasteiger partial charge in [0, 0.05) is 12.7 Å². The second-order valence-electron chi connectivity index (χ2n) is 3.75. The van der Waals surface area contributed by atoms with Gasteiger partial charge >= 0.3 is 0 Å². The van der Waals surface area contributed by atoms with Crippen LogP contribution in [0.1, 0.15) is 17.3 Å². The summed E-state index contributed by atoms with van der Waals surface area (Å²) < 4.78 is 10.6. The topological polar surface area (TPSA) is 86.0 Å². The van der Waals surface area contributed by atoms with Gasteiger partial charge in [-0.2, -0.15) is 15.4 Å². The van der Waals surface area contributed by atoms with E-state index in [2.05, 4.69) is 15.4 Å². The van der Waals surface area contributed by atoms with Gasteiger partial charge in [0.05, 0.1) is 18.8 Å². The molecule has 0 spiro atoms. The minimum atomic E-state index is -0.359. The van der Waals surface area contributed by atoms with Crippen molar-refractivity contribution in [1.29, 1.82) is 0 Å². The van der Waals surface area contributed by atoms with Crippen molar-refractivity contribution in [3.63, 3.8) is 0 Å². The summed E-state index contributed by atoms with van der Waals surface area (Å²) in [7, 11) is 1.64. The Morgan fingerprint density at radius 3 is 2.89 bits per heavy atom. The van der Waals surface area contributed by atoms with Crippen molar-refractivity contribution < 1.29 is 9.47 Å². The first-order chi connectivity index (χ1) is 8.83. The maximum absolute atomic E-state index is 6.13. The highest BCUT2D eigenvalue weighted by Crippen LogP contribution is 2.26. The van der Waals surface area contributed by atoms with Crippen LogP contribution >= 0.6 is 0 Å². The fourth-order valence-electron chi connectivity index (χ4n) is 1.62. The van der Waals surface area contributed by atoms with Gasteiger partial charge < -0.3 is 15.2 Å². The minimum absolute atomic E-state index is 0.359. The third kappa shape index (κ3) is 2.85. The Balaban J connectivity index is 2.16. The molecule has 1 aromatic carbocycles. The SMILES string of the molecule is COCCOc1ccccc1C(N)c1cn[nH]n1. The molecule has 2 aromatic rings. The molecule has 1 aromatic heterocycles. The molecule has 0 aliphatic rings. The molecule has 1 unspecified atom stereocenters. The number of aromatic amines is 1. The fraction of sp³-hybridized carbons (Fsp3) is 0.333. The maximum atomic E-state index is 6.13. The van der Waals surface area contributed by atoms with E-state index in [0.29, 0.717) is 18.9 Å². The second-order valence-corrected chi connectivity index (χ2v) is 3.75. The number of para-hydroxylation sites is 1. The van der Waals surface area contributed by atoms with E-state index < -0.39 is 0 Å². The number of H-pyrrole nitrogens is 1. The van der Waals surface area contributed by atoms with Crippen LogP contribution in [0.4, 0.5) is 0 Å². The molecule has 2 rings (SSSR count). The molecule has 0 aliphatic carbocycles. The number of ether oxygens (including phenoxy) is 2. The van der Waals surface area contributed by atoms with Crippen molar-refractivity contribution in [2.45, 2.75) is 6.04 Å². The quantitative estimate of drug-likeness (QED) is 0.741. The van der Waals surface area contributed by atoms with E-state index in [1.165, 1.54) is 0 Å². The zero-order valence-corrected chi connectivity index (χ0v) is 10.2. The number of nitrogens with zero attached hydrogens (tertiary/aromatic N) is 2. The van der Waals surface area contributed by atoms with E-state index in [-0.39, 0.29) is 6.04 Å². The number of nitrogens with two attached hydrogens (primary N) is 1. The van der Waals surface area contributed by atoms with Crippen LogP contribution in [-0.4, -0.2) is 35.7 Å². The molecule has 6 heteroatoms. The first-order valence-electron chi connectivity index (χ1n) is 5.65. The van der Waals surface area contributed by atoms with Crippen LogP contribution in [-0.2, 0) is 4.74 Å². The molecule has 18 heavy (non-hydrogen) atoms. The third-order valence-corrected chi connectivity index (χ3v) is 2.55. The van der Waals surface area contributed by atoms with Gasteiger partial charge in [-0.3, -0.25) is 0 Å². The van der Waals surface area contributed by atoms with Crippen LogP contribution < -0.4 is 10.5 Å². The molecule has 1 heterocycles. The number of aromatic nitrogens is 3. The molecule has 0 amide bonds. The van der Waals surface area contributed by atoms with E-state index in [1.54, 1.807) is 13.3 Å². The summed E-state index contributed by atoms with van der Waals surface area (Å²) in [5.41, 5.74) is 7.69. The molecule has 3 N–H and O–H groups in total. The van der Waals surface area contributed by atoms with Gasteiger partial charge in [0.25, 0.3) is 0 Å². The predicted octanol–water partition coefficient (Wildman–Crippen LogP) is 0.878. The van der Waals surface area contributed by atoms with Crippen molar-refractivity contribution in [3.05, 3.63) is 41.7 Å². The molecule has 0 saturated carbocycles. The summed E-state index contributed by atoms with van der Waals surface area (Å²) in [6, 6.07) is 7.26. The standard InChI is InChI=1S/C12H16N4O2/c1-17-6-7-18-11-5-3-2-4-9(11)12(13)10-8-14-16-15-10/h2-5,8,12H,6-7,13H2,1H3,(H,14,15,16). The summed E-state index contributed by atoms with van der Waals surface area (Å²) in [5.74, 6) is 0.741. The van der Waals surface area contributed by atoms with Gasteiger partial charge in [-0.05, 0) is 6.07 Å². The van der Waals surface area contributed by atoms with Crippen molar-refractivity contribution in [1.82, 2.24) is 15.4 Å². The zero-order valence-electron chi connectivity index (χ0n) is 10.2. The van der Waals surface area contributed by atoms with Gasteiger partial charge in [-0.25, -0.2) is 0 Å². The molecule has 1 atom stereocenters. The Morgan fingerprint density at radius 2 is 2.17 bits per heavy atom. The van der Waals surface area contributed by atoms with Gasteiger partial charge in [-0.1, -0.05) is 18.2 Å². The lowest BCUT2D eigenvalue weighted by molar-refractivity contribution is 0.145. The van der Waals surface area contributed by atoms with E-state index in [0.717, 1.165) is 11.3 Å². The Kier molecular flexibility index (Phi) is 4.27. The lowest BCUT2D eigenvalue weighted by Gasteiger charge is -2.14. The second kappa shape index (κ2) is 6.13. The van der Waals surface area contributed by atoms with Crippen LogP contribution in [0, 0.1) is 0 Å². The number of methoxy groups -OCH3 is 1. The summed E-state index contributed by atoms with van der Waals surface area (Å²) in [4.78, 5) is 0. The van der Waals surface area contributed by atoms with Crippen molar-refractivity contribution in [2.75, 3.05) is 20.3 Å². The van der Waals surface area contributed by atoms with Gasteiger partial charge in [0.2, 0.25) is 0 Å². The van der Waals surface area contributed by atoms with Crippen molar-refractivity contribution >= 4 is 0 Å². The van der Waals surface area contributed by atoms with E-state index in [4.69, 9.17) is 15.2 Å². The lowest BCUT2D eigenvalue weighted by atomic mass is 10.0. The Bertz CT molecular complexity index is 473. The first kappa shape index (κ1) is 12.5. The van der Waals surface area contributed by atoms with Gasteiger partial charge in [0.15, 0.2) is 0 Å². The largest absolute Gasteiger partial charge is 0.491 e. The molecule has 96 valence electrons. The maximum Gasteiger partial charge on any atom is 0.124 e. The van der Waals surface area contributed by atoms with Crippen LogP contribution in [0.2, 0.25) is 0 Å². The Hall–Kier alpha value is -1.92. The van der Waals surface area contributed by atoms with Crippen molar-refractivity contribution in [2.24, 2.45) is 5.73 Å². The minimum Gasteiger partial charge on any atom is -0.491 e. The fourth-order valence-corrected chi connectivity index (χ4v) is 1.62. The normalized spacial score (nSPS) is 12.3. The highest BCUT2D eigenvalue weighted by atomic mass is 16.5. The Morgan fingerprint density at radius 1 is 1.33 bits per heavy atom. The number of hydrogen-bond donors (Lipinski definition) is 2. The molecular weight excluding hydrogens is 232 g/mol. The van der Waals surface area contributed by atoms with Crippen LogP contribution in [0.3, 0.4) is 0 Å². The molecule has 0 aliphatic heterocycles. The number of hydrogen-bond acceptors (Lipinski definition) is 5. The monoisotopic (exact) mass is 248 g/mol. The van der Waals surface area contributed by atoms with Crippen LogP contribution in [0.15, 0.2) is 30.5 Å². The average Bonchev–Trinajstić information content (AvgIpc) is 2.93. The van der Waals surface area contributed by atoms with E-state index >= 15 is 0 Å². The smallest absolute Gasteiger partial charge is 0.124 e. The predicted molar refractivity (Wildman–Crippen MR) is 66.2 cm³/mol. The molecule has 0 fully saturated rings. The average molecular weight is 248 g/mol. The van der Waals surface area contributed by atoms with E-state index in [1.807, 2.05) is 24.3 Å². The first-order valence-corrected chi connectivity index (χ1v) is 5.65. The van der Waals surface area contributed by atoms with E-state index in [9.17, 15) is 0 Å². The summed E-state index contributed by atoms with van der Waals surface area (Å²) in [6.45, 7) is 1.02. The van der Waals surface area contributed by atoms with Gasteiger partial charge in [-0.15, -0.1) is 0 Å². The summed E-state index contributed by atoms with van der Waals surface area (Å²) >= 11 is 0. The van der Waals surface area contributed by atoms with Gasteiger partial charge in [0.1, 0.15) is 18.1 Å². The molecule has 0 saturated heterocycles. The lowest BCUT2D eigenvalue weighted by Crippen LogP contribution is -2.15.